The molecule has 0 aliphatic carbocycles. The van der Waals surface area contributed by atoms with Crippen LogP contribution in [-0.2, 0) is 4.79 Å². The summed E-state index contributed by atoms with van der Waals surface area (Å²) in [4.78, 5) is 12.3. The summed E-state index contributed by atoms with van der Waals surface area (Å²) in [6, 6.07) is 13.2. The van der Waals surface area contributed by atoms with Gasteiger partial charge in [-0.25, -0.2) is 4.39 Å². The lowest BCUT2D eigenvalue weighted by Crippen LogP contribution is -2.22. The Bertz CT molecular complexity index is 915. The van der Waals surface area contributed by atoms with E-state index in [-0.39, 0.29) is 22.6 Å². The Morgan fingerprint density at radius 2 is 1.96 bits per heavy atom. The Morgan fingerprint density at radius 1 is 1.22 bits per heavy atom. The molecule has 0 spiro atoms. The first-order chi connectivity index (χ1) is 13.1. The molecule has 3 aromatic rings. The Labute approximate surface area is 160 Å². The SMILES string of the molecule is CCOc1ccc(NC(=O)[C@H](C)Sc2nnc(-c3ccccc3F)o2)cc1. The van der Waals surface area contributed by atoms with Crippen molar-refractivity contribution < 1.29 is 18.3 Å². The van der Waals surface area contributed by atoms with Crippen LogP contribution in [0.1, 0.15) is 13.8 Å². The minimum absolute atomic E-state index is 0.0784. The van der Waals surface area contributed by atoms with E-state index in [9.17, 15) is 9.18 Å². The summed E-state index contributed by atoms with van der Waals surface area (Å²) in [6.07, 6.45) is 0. The van der Waals surface area contributed by atoms with Gasteiger partial charge in [0.25, 0.3) is 11.1 Å². The van der Waals surface area contributed by atoms with Crippen LogP contribution in [0.5, 0.6) is 5.75 Å². The van der Waals surface area contributed by atoms with Crippen LogP contribution in [0.25, 0.3) is 11.5 Å². The third kappa shape index (κ3) is 4.85. The number of nitrogens with one attached hydrogen (secondary N) is 1. The van der Waals surface area contributed by atoms with E-state index >= 15 is 0 Å². The quantitative estimate of drug-likeness (QED) is 0.606. The minimum Gasteiger partial charge on any atom is -0.494 e. The van der Waals surface area contributed by atoms with E-state index in [1.54, 1.807) is 49.4 Å². The fourth-order valence-corrected chi connectivity index (χ4v) is 2.93. The molecule has 0 fully saturated rings. The van der Waals surface area contributed by atoms with E-state index in [0.717, 1.165) is 17.5 Å². The first-order valence-corrected chi connectivity index (χ1v) is 9.23. The number of benzene rings is 2. The van der Waals surface area contributed by atoms with Gasteiger partial charge in [0.15, 0.2) is 0 Å². The number of hydrogen-bond donors (Lipinski definition) is 1. The van der Waals surface area contributed by atoms with Gasteiger partial charge in [-0.1, -0.05) is 23.9 Å². The molecule has 8 heteroatoms. The Kier molecular flexibility index (Phi) is 6.08. The second kappa shape index (κ2) is 8.68. The molecule has 0 radical (unpaired) electrons. The van der Waals surface area contributed by atoms with E-state index in [4.69, 9.17) is 9.15 Å². The average Bonchev–Trinajstić information content (AvgIpc) is 3.12. The molecule has 140 valence electrons. The van der Waals surface area contributed by atoms with Gasteiger partial charge >= 0.3 is 0 Å². The molecule has 1 atom stereocenters. The number of amides is 1. The molecule has 2 aromatic carbocycles. The average molecular weight is 387 g/mol. The van der Waals surface area contributed by atoms with Gasteiger partial charge in [0.05, 0.1) is 17.4 Å². The lowest BCUT2D eigenvalue weighted by atomic mass is 10.2. The minimum atomic E-state index is -0.481. The first-order valence-electron chi connectivity index (χ1n) is 8.35. The highest BCUT2D eigenvalue weighted by Gasteiger charge is 2.19. The number of halogens is 1. The maximum atomic E-state index is 13.8. The zero-order valence-corrected chi connectivity index (χ0v) is 15.6. The smallest absolute Gasteiger partial charge is 0.277 e. The summed E-state index contributed by atoms with van der Waals surface area (Å²) < 4.78 is 24.6. The lowest BCUT2D eigenvalue weighted by molar-refractivity contribution is -0.115. The normalized spacial score (nSPS) is 11.8. The van der Waals surface area contributed by atoms with Crippen LogP contribution in [0.15, 0.2) is 58.2 Å². The van der Waals surface area contributed by atoms with Gasteiger partial charge in [-0.3, -0.25) is 4.79 Å². The zero-order valence-electron chi connectivity index (χ0n) is 14.8. The number of aromatic nitrogens is 2. The first kappa shape index (κ1) is 18.9. The number of rotatable bonds is 7. The van der Waals surface area contributed by atoms with E-state index in [1.807, 2.05) is 6.92 Å². The third-order valence-corrected chi connectivity index (χ3v) is 4.52. The molecule has 3 rings (SSSR count). The largest absolute Gasteiger partial charge is 0.494 e. The molecular weight excluding hydrogens is 369 g/mol. The summed E-state index contributed by atoms with van der Waals surface area (Å²) in [6.45, 7) is 4.21. The maximum absolute atomic E-state index is 13.8. The molecule has 0 saturated carbocycles. The summed E-state index contributed by atoms with van der Waals surface area (Å²) >= 11 is 1.10. The van der Waals surface area contributed by atoms with Crippen molar-refractivity contribution in [3.8, 4) is 17.2 Å². The predicted octanol–water partition coefficient (Wildman–Crippen LogP) is 4.39. The number of nitrogens with zero attached hydrogens (tertiary/aromatic N) is 2. The summed E-state index contributed by atoms with van der Waals surface area (Å²) in [5.41, 5.74) is 0.886. The standard InChI is InChI=1S/C19H18FN3O3S/c1-3-25-14-10-8-13(9-11-14)21-17(24)12(2)27-19-23-22-18(26-19)15-6-4-5-7-16(15)20/h4-12H,3H2,1-2H3,(H,21,24)/t12-/m0/s1. The third-order valence-electron chi connectivity index (χ3n) is 3.59. The Balaban J connectivity index is 1.61. The van der Waals surface area contributed by atoms with Crippen LogP contribution in [0, 0.1) is 5.82 Å². The highest BCUT2D eigenvalue weighted by atomic mass is 32.2. The summed E-state index contributed by atoms with van der Waals surface area (Å²) in [5.74, 6) is 0.160. The van der Waals surface area contributed by atoms with Crippen molar-refractivity contribution in [1.29, 1.82) is 0 Å². The Hall–Kier alpha value is -2.87. The zero-order chi connectivity index (χ0) is 19.2. The topological polar surface area (TPSA) is 77.2 Å². The van der Waals surface area contributed by atoms with Gasteiger partial charge in [0, 0.05) is 5.69 Å². The lowest BCUT2D eigenvalue weighted by Gasteiger charge is -2.10. The molecule has 0 aliphatic rings. The number of hydrogen-bond acceptors (Lipinski definition) is 6. The van der Waals surface area contributed by atoms with E-state index in [0.29, 0.717) is 12.3 Å². The predicted molar refractivity (Wildman–Crippen MR) is 101 cm³/mol. The highest BCUT2D eigenvalue weighted by molar-refractivity contribution is 8.00. The molecule has 0 aliphatic heterocycles. The monoisotopic (exact) mass is 387 g/mol. The van der Waals surface area contributed by atoms with Crippen LogP contribution in [0.4, 0.5) is 10.1 Å². The van der Waals surface area contributed by atoms with Crippen LogP contribution in [0.3, 0.4) is 0 Å². The number of carbonyl (C=O) groups excluding carboxylic acids is 1. The van der Waals surface area contributed by atoms with Crippen LogP contribution >= 0.6 is 11.8 Å². The fourth-order valence-electron chi connectivity index (χ4n) is 2.25. The molecule has 27 heavy (non-hydrogen) atoms. The molecule has 0 saturated heterocycles. The van der Waals surface area contributed by atoms with Gasteiger partial charge in [-0.05, 0) is 50.2 Å². The Morgan fingerprint density at radius 3 is 2.67 bits per heavy atom. The molecule has 6 nitrogen and oxygen atoms in total. The van der Waals surface area contributed by atoms with Crippen molar-refractivity contribution in [3.05, 3.63) is 54.3 Å². The van der Waals surface area contributed by atoms with E-state index in [1.165, 1.54) is 6.07 Å². The van der Waals surface area contributed by atoms with Crippen molar-refractivity contribution in [1.82, 2.24) is 10.2 Å². The van der Waals surface area contributed by atoms with Gasteiger partial charge in [-0.15, -0.1) is 10.2 Å². The molecule has 0 unspecified atom stereocenters. The highest BCUT2D eigenvalue weighted by Crippen LogP contribution is 2.28. The number of anilines is 1. The van der Waals surface area contributed by atoms with Gasteiger partial charge in [0.2, 0.25) is 5.91 Å². The second-order valence-electron chi connectivity index (χ2n) is 5.56. The number of carbonyl (C=O) groups is 1. The molecular formula is C19H18FN3O3S. The fraction of sp³-hybridized carbons (Fsp3) is 0.211. The van der Waals surface area contributed by atoms with Gasteiger partial charge in [-0.2, -0.15) is 0 Å². The number of ether oxygens (including phenoxy) is 1. The van der Waals surface area contributed by atoms with Gasteiger partial charge in [0.1, 0.15) is 11.6 Å². The maximum Gasteiger partial charge on any atom is 0.277 e. The van der Waals surface area contributed by atoms with Crippen LogP contribution in [-0.4, -0.2) is 28.0 Å². The van der Waals surface area contributed by atoms with Crippen molar-refractivity contribution >= 4 is 23.4 Å². The van der Waals surface area contributed by atoms with Gasteiger partial charge < -0.3 is 14.5 Å². The van der Waals surface area contributed by atoms with Crippen molar-refractivity contribution in [2.75, 3.05) is 11.9 Å². The molecule has 1 amide bonds. The molecule has 1 N–H and O–H groups in total. The van der Waals surface area contributed by atoms with Crippen LogP contribution in [0.2, 0.25) is 0 Å². The van der Waals surface area contributed by atoms with Crippen molar-refractivity contribution in [3.63, 3.8) is 0 Å². The molecule has 0 bridgehead atoms. The number of thioether (sulfide) groups is 1. The van der Waals surface area contributed by atoms with Crippen LogP contribution < -0.4 is 10.1 Å². The summed E-state index contributed by atoms with van der Waals surface area (Å²) in [5, 5.41) is 10.3. The van der Waals surface area contributed by atoms with Crippen molar-refractivity contribution in [2.45, 2.75) is 24.3 Å². The second-order valence-corrected chi connectivity index (χ2v) is 6.85. The van der Waals surface area contributed by atoms with E-state index in [2.05, 4.69) is 15.5 Å². The molecule has 1 aromatic heterocycles. The summed E-state index contributed by atoms with van der Waals surface area (Å²) in [7, 11) is 0. The van der Waals surface area contributed by atoms with E-state index < -0.39 is 11.1 Å². The molecule has 1 heterocycles. The van der Waals surface area contributed by atoms with Crippen molar-refractivity contribution in [2.24, 2.45) is 0 Å².